The SMILES string of the molecule is CCCC1(NN)CC(CC(C)C)C1. The van der Waals surface area contributed by atoms with E-state index in [1.165, 1.54) is 32.1 Å². The summed E-state index contributed by atoms with van der Waals surface area (Å²) in [5.74, 6) is 7.35. The second-order valence-electron chi connectivity index (χ2n) is 5.08. The Kier molecular flexibility index (Phi) is 3.74. The molecule has 0 atom stereocenters. The summed E-state index contributed by atoms with van der Waals surface area (Å²) in [6.07, 6.45) is 6.41. The van der Waals surface area contributed by atoms with Crippen LogP contribution < -0.4 is 11.3 Å². The van der Waals surface area contributed by atoms with Crippen molar-refractivity contribution in [1.82, 2.24) is 5.43 Å². The van der Waals surface area contributed by atoms with E-state index in [9.17, 15) is 0 Å². The topological polar surface area (TPSA) is 38.0 Å². The van der Waals surface area contributed by atoms with Crippen LogP contribution in [0, 0.1) is 11.8 Å². The minimum Gasteiger partial charge on any atom is -0.271 e. The molecule has 0 aromatic rings. The summed E-state index contributed by atoms with van der Waals surface area (Å²) in [4.78, 5) is 0. The lowest BCUT2D eigenvalue weighted by atomic mass is 9.64. The van der Waals surface area contributed by atoms with Crippen molar-refractivity contribution in [2.75, 3.05) is 0 Å². The normalized spacial score (nSPS) is 33.5. The molecule has 2 heteroatoms. The molecule has 0 spiro atoms. The number of rotatable bonds is 5. The van der Waals surface area contributed by atoms with E-state index in [-0.39, 0.29) is 0 Å². The number of nitrogens with one attached hydrogen (secondary N) is 1. The second kappa shape index (κ2) is 4.43. The molecule has 2 nitrogen and oxygen atoms in total. The average molecular weight is 184 g/mol. The van der Waals surface area contributed by atoms with Gasteiger partial charge in [0.15, 0.2) is 0 Å². The minimum absolute atomic E-state index is 0.300. The fourth-order valence-electron chi connectivity index (χ4n) is 2.75. The van der Waals surface area contributed by atoms with Crippen molar-refractivity contribution in [1.29, 1.82) is 0 Å². The van der Waals surface area contributed by atoms with E-state index in [0.717, 1.165) is 11.8 Å². The van der Waals surface area contributed by atoms with Gasteiger partial charge in [0.2, 0.25) is 0 Å². The van der Waals surface area contributed by atoms with E-state index in [2.05, 4.69) is 26.2 Å². The summed E-state index contributed by atoms with van der Waals surface area (Å²) < 4.78 is 0. The highest BCUT2D eigenvalue weighted by Crippen LogP contribution is 2.43. The van der Waals surface area contributed by atoms with Crippen molar-refractivity contribution in [2.24, 2.45) is 17.7 Å². The van der Waals surface area contributed by atoms with Crippen LogP contribution in [0.4, 0.5) is 0 Å². The standard InChI is InChI=1S/C11H24N2/c1-4-5-11(13-12)7-10(8-11)6-9(2)3/h9-10,13H,4-8,12H2,1-3H3. The first-order valence-corrected chi connectivity index (χ1v) is 5.59. The van der Waals surface area contributed by atoms with Gasteiger partial charge in [0, 0.05) is 5.54 Å². The van der Waals surface area contributed by atoms with Crippen molar-refractivity contribution in [3.63, 3.8) is 0 Å². The number of nitrogens with two attached hydrogens (primary N) is 1. The molecule has 0 unspecified atom stereocenters. The number of hydrogen-bond donors (Lipinski definition) is 2. The Labute approximate surface area is 82.2 Å². The first kappa shape index (κ1) is 11.0. The van der Waals surface area contributed by atoms with Gasteiger partial charge < -0.3 is 0 Å². The molecule has 0 heterocycles. The Morgan fingerprint density at radius 2 is 2.08 bits per heavy atom. The Morgan fingerprint density at radius 3 is 2.46 bits per heavy atom. The molecule has 0 saturated heterocycles. The van der Waals surface area contributed by atoms with Gasteiger partial charge in [-0.05, 0) is 37.5 Å². The number of hydrazine groups is 1. The van der Waals surface area contributed by atoms with Crippen LogP contribution in [0.1, 0.15) is 52.9 Å². The summed E-state index contributed by atoms with van der Waals surface area (Å²) in [5.41, 5.74) is 3.32. The molecule has 1 aliphatic rings. The van der Waals surface area contributed by atoms with E-state index >= 15 is 0 Å². The lowest BCUT2D eigenvalue weighted by Crippen LogP contribution is -2.58. The largest absolute Gasteiger partial charge is 0.271 e. The van der Waals surface area contributed by atoms with E-state index in [0.29, 0.717) is 5.54 Å². The van der Waals surface area contributed by atoms with Gasteiger partial charge >= 0.3 is 0 Å². The Hall–Kier alpha value is -0.0800. The van der Waals surface area contributed by atoms with Crippen LogP contribution in [0.5, 0.6) is 0 Å². The van der Waals surface area contributed by atoms with Crippen LogP contribution in [0.15, 0.2) is 0 Å². The predicted molar refractivity (Wildman–Crippen MR) is 57.1 cm³/mol. The molecule has 0 bridgehead atoms. The van der Waals surface area contributed by atoms with Gasteiger partial charge in [-0.25, -0.2) is 0 Å². The van der Waals surface area contributed by atoms with E-state index in [4.69, 9.17) is 5.84 Å². The molecule has 1 saturated carbocycles. The molecule has 1 rings (SSSR count). The van der Waals surface area contributed by atoms with Crippen molar-refractivity contribution >= 4 is 0 Å². The summed E-state index contributed by atoms with van der Waals surface area (Å²) >= 11 is 0. The van der Waals surface area contributed by atoms with Gasteiger partial charge in [0.25, 0.3) is 0 Å². The maximum atomic E-state index is 5.60. The van der Waals surface area contributed by atoms with Gasteiger partial charge in [-0.2, -0.15) is 0 Å². The van der Waals surface area contributed by atoms with Gasteiger partial charge in [-0.3, -0.25) is 11.3 Å². The lowest BCUT2D eigenvalue weighted by Gasteiger charge is -2.48. The van der Waals surface area contributed by atoms with Gasteiger partial charge in [0.05, 0.1) is 0 Å². The second-order valence-corrected chi connectivity index (χ2v) is 5.08. The number of hydrogen-bond acceptors (Lipinski definition) is 2. The molecular formula is C11H24N2. The van der Waals surface area contributed by atoms with Crippen LogP contribution >= 0.6 is 0 Å². The van der Waals surface area contributed by atoms with Crippen LogP contribution in [-0.2, 0) is 0 Å². The molecule has 0 amide bonds. The summed E-state index contributed by atoms with van der Waals surface area (Å²) in [6, 6.07) is 0. The van der Waals surface area contributed by atoms with Gasteiger partial charge in [0.1, 0.15) is 0 Å². The van der Waals surface area contributed by atoms with Gasteiger partial charge in [-0.1, -0.05) is 27.2 Å². The Balaban J connectivity index is 2.27. The third-order valence-corrected chi connectivity index (χ3v) is 3.20. The molecule has 13 heavy (non-hydrogen) atoms. The fraction of sp³-hybridized carbons (Fsp3) is 1.00. The summed E-state index contributed by atoms with van der Waals surface area (Å²) in [6.45, 7) is 6.83. The lowest BCUT2D eigenvalue weighted by molar-refractivity contribution is 0.0782. The minimum atomic E-state index is 0.300. The maximum Gasteiger partial charge on any atom is 0.0326 e. The molecule has 0 aliphatic heterocycles. The highest BCUT2D eigenvalue weighted by molar-refractivity contribution is 4.99. The third kappa shape index (κ3) is 2.68. The van der Waals surface area contributed by atoms with E-state index in [1.807, 2.05) is 0 Å². The van der Waals surface area contributed by atoms with Crippen LogP contribution in [0.2, 0.25) is 0 Å². The van der Waals surface area contributed by atoms with Crippen LogP contribution in [-0.4, -0.2) is 5.54 Å². The first-order chi connectivity index (χ1) is 6.12. The molecule has 78 valence electrons. The van der Waals surface area contributed by atoms with Crippen LogP contribution in [0.25, 0.3) is 0 Å². The van der Waals surface area contributed by atoms with E-state index < -0.39 is 0 Å². The summed E-state index contributed by atoms with van der Waals surface area (Å²) in [7, 11) is 0. The van der Waals surface area contributed by atoms with Crippen molar-refractivity contribution in [3.8, 4) is 0 Å². The molecule has 3 N–H and O–H groups in total. The molecule has 1 fully saturated rings. The Morgan fingerprint density at radius 1 is 1.46 bits per heavy atom. The zero-order valence-corrected chi connectivity index (χ0v) is 9.27. The molecule has 0 radical (unpaired) electrons. The fourth-order valence-corrected chi connectivity index (χ4v) is 2.75. The zero-order valence-electron chi connectivity index (χ0n) is 9.27. The molecule has 0 aromatic carbocycles. The van der Waals surface area contributed by atoms with Crippen molar-refractivity contribution in [3.05, 3.63) is 0 Å². The zero-order chi connectivity index (χ0) is 9.90. The summed E-state index contributed by atoms with van der Waals surface area (Å²) in [5, 5.41) is 0. The maximum absolute atomic E-state index is 5.60. The molecule has 0 aromatic heterocycles. The van der Waals surface area contributed by atoms with Gasteiger partial charge in [-0.15, -0.1) is 0 Å². The Bertz CT molecular complexity index is 148. The third-order valence-electron chi connectivity index (χ3n) is 3.20. The molecular weight excluding hydrogens is 160 g/mol. The van der Waals surface area contributed by atoms with Crippen LogP contribution in [0.3, 0.4) is 0 Å². The van der Waals surface area contributed by atoms with Crippen molar-refractivity contribution in [2.45, 2.75) is 58.4 Å². The highest BCUT2D eigenvalue weighted by atomic mass is 15.3. The van der Waals surface area contributed by atoms with Crippen molar-refractivity contribution < 1.29 is 0 Å². The monoisotopic (exact) mass is 184 g/mol. The smallest absolute Gasteiger partial charge is 0.0326 e. The van der Waals surface area contributed by atoms with E-state index in [1.54, 1.807) is 0 Å². The first-order valence-electron chi connectivity index (χ1n) is 5.59. The highest BCUT2D eigenvalue weighted by Gasteiger charge is 2.42. The predicted octanol–water partition coefficient (Wildman–Crippen LogP) is 2.44. The molecule has 1 aliphatic carbocycles. The quantitative estimate of drug-likeness (QED) is 0.509. The average Bonchev–Trinajstić information content (AvgIpc) is 1.99.